The maximum absolute atomic E-state index is 4.41. The molecule has 2 nitrogen and oxygen atoms in total. The van der Waals surface area contributed by atoms with Crippen LogP contribution in [0.25, 0.3) is 27.8 Å². The molecule has 23 heavy (non-hydrogen) atoms. The average Bonchev–Trinajstić information content (AvgIpc) is 2.62. The molecule has 0 saturated heterocycles. The van der Waals surface area contributed by atoms with Crippen LogP contribution in [0.4, 0.5) is 0 Å². The number of pyridine rings is 2. The topological polar surface area (TPSA) is 16.8 Å². The minimum absolute atomic E-state index is 0. The first kappa shape index (κ1) is 15.5. The van der Waals surface area contributed by atoms with Crippen molar-refractivity contribution in [1.82, 2.24) is 4.98 Å². The van der Waals surface area contributed by atoms with Crippen LogP contribution in [-0.4, -0.2) is 4.98 Å². The molecule has 0 atom stereocenters. The van der Waals surface area contributed by atoms with Gasteiger partial charge in [0.2, 0.25) is 5.52 Å². The number of fused-ring (bicyclic) bond motifs is 1. The Balaban J connectivity index is 0.00000156. The molecule has 113 valence electrons. The van der Waals surface area contributed by atoms with Gasteiger partial charge in [-0.2, -0.15) is 4.57 Å². The molecule has 1 radical (unpaired) electrons. The molecular weight excluding hydrogens is 460 g/mol. The zero-order valence-corrected chi connectivity index (χ0v) is 14.7. The van der Waals surface area contributed by atoms with Crippen molar-refractivity contribution in [2.45, 2.75) is 0 Å². The van der Waals surface area contributed by atoms with E-state index in [-0.39, 0.29) is 20.1 Å². The minimum atomic E-state index is 0. The predicted molar refractivity (Wildman–Crippen MR) is 87.5 cm³/mol. The van der Waals surface area contributed by atoms with Crippen molar-refractivity contribution in [3.05, 3.63) is 91.3 Å². The van der Waals surface area contributed by atoms with Crippen LogP contribution in [0.15, 0.2) is 85.2 Å². The number of aromatic nitrogens is 2. The molecule has 4 aromatic rings. The van der Waals surface area contributed by atoms with Crippen LogP contribution in [0.3, 0.4) is 0 Å². The van der Waals surface area contributed by atoms with E-state index in [9.17, 15) is 0 Å². The van der Waals surface area contributed by atoms with Gasteiger partial charge in [0.1, 0.15) is 5.69 Å². The average molecular weight is 475 g/mol. The third kappa shape index (κ3) is 3.07. The molecule has 0 fully saturated rings. The van der Waals surface area contributed by atoms with Crippen LogP contribution in [0, 0.1) is 6.07 Å². The molecule has 3 heteroatoms. The summed E-state index contributed by atoms with van der Waals surface area (Å²) >= 11 is 0. The summed E-state index contributed by atoms with van der Waals surface area (Å²) in [5.74, 6) is 0. The van der Waals surface area contributed by atoms with Crippen LogP contribution < -0.4 is 4.57 Å². The second-order valence-electron chi connectivity index (χ2n) is 5.11. The molecule has 0 saturated carbocycles. The molecule has 2 aromatic carbocycles. The summed E-state index contributed by atoms with van der Waals surface area (Å²) in [6, 6.07) is 27.9. The van der Waals surface area contributed by atoms with E-state index in [4.69, 9.17) is 0 Å². The third-order valence-corrected chi connectivity index (χ3v) is 3.71. The van der Waals surface area contributed by atoms with E-state index < -0.39 is 0 Å². The minimum Gasteiger partial charge on any atom is -0.305 e. The zero-order chi connectivity index (χ0) is 14.8. The zero-order valence-electron chi connectivity index (χ0n) is 12.3. The van der Waals surface area contributed by atoms with Crippen molar-refractivity contribution in [3.63, 3.8) is 0 Å². The first-order chi connectivity index (χ1) is 10.9. The molecule has 2 heterocycles. The van der Waals surface area contributed by atoms with Gasteiger partial charge in [-0.3, -0.25) is 0 Å². The summed E-state index contributed by atoms with van der Waals surface area (Å²) in [5, 5.41) is 1.22. The smallest absolute Gasteiger partial charge is 0.216 e. The van der Waals surface area contributed by atoms with E-state index in [2.05, 4.69) is 70.3 Å². The Morgan fingerprint density at radius 1 is 0.870 bits per heavy atom. The van der Waals surface area contributed by atoms with Gasteiger partial charge >= 0.3 is 0 Å². The molecule has 4 rings (SSSR count). The van der Waals surface area contributed by atoms with E-state index >= 15 is 0 Å². The van der Waals surface area contributed by atoms with E-state index in [0.717, 1.165) is 16.9 Å². The maximum atomic E-state index is 4.41. The van der Waals surface area contributed by atoms with Gasteiger partial charge < -0.3 is 4.98 Å². The fraction of sp³-hybridized carbons (Fsp3) is 0. The molecule has 0 aliphatic carbocycles. The van der Waals surface area contributed by atoms with Crippen LogP contribution in [0.1, 0.15) is 0 Å². The Bertz CT molecular complexity index is 931. The Hall–Kier alpha value is -2.35. The summed E-state index contributed by atoms with van der Waals surface area (Å²) in [6.07, 6.45) is 3.89. The monoisotopic (exact) mass is 475 g/mol. The quantitative estimate of drug-likeness (QED) is 0.317. The first-order valence-corrected chi connectivity index (χ1v) is 7.25. The summed E-state index contributed by atoms with van der Waals surface area (Å²) in [5.41, 5.74) is 4.23. The van der Waals surface area contributed by atoms with Gasteiger partial charge in [-0.05, 0) is 23.9 Å². The first-order valence-electron chi connectivity index (χ1n) is 7.25. The maximum Gasteiger partial charge on any atom is 0.216 e. The van der Waals surface area contributed by atoms with Crippen molar-refractivity contribution >= 4 is 10.9 Å². The van der Waals surface area contributed by atoms with Gasteiger partial charge in [0, 0.05) is 43.8 Å². The van der Waals surface area contributed by atoms with Crippen LogP contribution in [-0.2, 0) is 20.1 Å². The molecule has 0 aliphatic rings. The molecule has 0 bridgehead atoms. The summed E-state index contributed by atoms with van der Waals surface area (Å²) in [7, 11) is 0. The molecule has 0 spiro atoms. The largest absolute Gasteiger partial charge is 0.305 e. The Morgan fingerprint density at radius 3 is 2.57 bits per heavy atom. The van der Waals surface area contributed by atoms with Gasteiger partial charge in [-0.25, -0.2) is 0 Å². The molecule has 0 amide bonds. The summed E-state index contributed by atoms with van der Waals surface area (Å²) in [6.45, 7) is 0. The SMILES string of the molecule is [Ir].[c-]1ccc(-[n+]2cccc3ccccc32)cc1-c1ccccn1. The van der Waals surface area contributed by atoms with Crippen LogP contribution in [0.2, 0.25) is 0 Å². The summed E-state index contributed by atoms with van der Waals surface area (Å²) in [4.78, 5) is 4.41. The van der Waals surface area contributed by atoms with Gasteiger partial charge in [-0.1, -0.05) is 36.4 Å². The van der Waals surface area contributed by atoms with Gasteiger partial charge in [-0.15, -0.1) is 17.7 Å². The van der Waals surface area contributed by atoms with Crippen molar-refractivity contribution in [2.24, 2.45) is 0 Å². The second kappa shape index (κ2) is 6.82. The number of nitrogens with zero attached hydrogens (tertiary/aromatic N) is 2. The Labute approximate surface area is 148 Å². The van der Waals surface area contributed by atoms with Crippen molar-refractivity contribution < 1.29 is 24.7 Å². The van der Waals surface area contributed by atoms with E-state index in [1.54, 1.807) is 6.20 Å². The predicted octanol–water partition coefficient (Wildman–Crippen LogP) is 3.98. The Morgan fingerprint density at radius 2 is 1.70 bits per heavy atom. The van der Waals surface area contributed by atoms with Crippen molar-refractivity contribution in [2.75, 3.05) is 0 Å². The summed E-state index contributed by atoms with van der Waals surface area (Å²) < 4.78 is 2.19. The second-order valence-corrected chi connectivity index (χ2v) is 5.11. The van der Waals surface area contributed by atoms with Crippen molar-refractivity contribution in [1.29, 1.82) is 0 Å². The van der Waals surface area contributed by atoms with Gasteiger partial charge in [0.05, 0.1) is 0 Å². The van der Waals surface area contributed by atoms with Crippen LogP contribution >= 0.6 is 0 Å². The fourth-order valence-electron chi connectivity index (χ4n) is 2.66. The van der Waals surface area contributed by atoms with E-state index in [1.165, 1.54) is 10.9 Å². The molecular formula is C20H14IrN2. The standard InChI is InChI=1S/C20H14N2.Ir/c1-2-12-20-16(7-1)9-6-14-22(20)18-10-5-8-17(15-18)19-11-3-4-13-21-19;/h1-7,9-15H;. The molecule has 0 aliphatic heterocycles. The van der Waals surface area contributed by atoms with Crippen molar-refractivity contribution in [3.8, 4) is 16.9 Å². The number of benzene rings is 2. The number of hydrogen-bond acceptors (Lipinski definition) is 1. The van der Waals surface area contributed by atoms with Crippen LogP contribution in [0.5, 0.6) is 0 Å². The Kier molecular flexibility index (Phi) is 4.61. The molecule has 2 aromatic heterocycles. The van der Waals surface area contributed by atoms with E-state index in [1.807, 2.05) is 24.3 Å². The third-order valence-electron chi connectivity index (χ3n) is 3.71. The fourth-order valence-corrected chi connectivity index (χ4v) is 2.66. The number of hydrogen-bond donors (Lipinski definition) is 0. The van der Waals surface area contributed by atoms with E-state index in [0.29, 0.717) is 0 Å². The van der Waals surface area contributed by atoms with Gasteiger partial charge in [0.15, 0.2) is 6.20 Å². The molecule has 0 unspecified atom stereocenters. The van der Waals surface area contributed by atoms with Gasteiger partial charge in [0.25, 0.3) is 0 Å². The normalized spacial score (nSPS) is 10.3. The number of rotatable bonds is 2. The number of para-hydroxylation sites is 1. The molecule has 0 N–H and O–H groups in total.